The zero-order valence-electron chi connectivity index (χ0n) is 18.5. The van der Waals surface area contributed by atoms with E-state index in [9.17, 15) is 15.3 Å². The van der Waals surface area contributed by atoms with E-state index in [-0.39, 0.29) is 13.2 Å². The first-order chi connectivity index (χ1) is 13.6. The molecule has 0 bridgehead atoms. The fourth-order valence-electron chi connectivity index (χ4n) is 3.00. The van der Waals surface area contributed by atoms with Crippen molar-refractivity contribution >= 4 is 0 Å². The minimum atomic E-state index is -1.14. The van der Waals surface area contributed by atoms with Crippen molar-refractivity contribution in [3.63, 3.8) is 0 Å². The summed E-state index contributed by atoms with van der Waals surface area (Å²) >= 11 is 0. The average molecular weight is 407 g/mol. The molecule has 4 atom stereocenters. The quantitative estimate of drug-likeness (QED) is 0.199. The maximum absolute atomic E-state index is 9.96. The Hall–Kier alpha value is -0.240. The van der Waals surface area contributed by atoms with E-state index in [0.29, 0.717) is 19.1 Å². The Kier molecular flexibility index (Phi) is 19.9. The summed E-state index contributed by atoms with van der Waals surface area (Å²) in [5.74, 6) is 0.516. The van der Waals surface area contributed by atoms with E-state index in [2.05, 4.69) is 20.8 Å². The molecule has 0 radical (unpaired) electrons. The lowest BCUT2D eigenvalue weighted by Gasteiger charge is -2.27. The van der Waals surface area contributed by atoms with Crippen LogP contribution in [0.1, 0.15) is 85.0 Å². The van der Waals surface area contributed by atoms with Crippen LogP contribution in [0.3, 0.4) is 0 Å². The number of hydrogen-bond donors (Lipinski definition) is 3. The zero-order valence-corrected chi connectivity index (χ0v) is 18.5. The van der Waals surface area contributed by atoms with E-state index in [1.54, 1.807) is 0 Å². The highest BCUT2D eigenvalue weighted by atomic mass is 16.7. The Balaban J connectivity index is 4.22. The number of hydrogen-bond acceptors (Lipinski definition) is 6. The van der Waals surface area contributed by atoms with Crippen molar-refractivity contribution in [3.05, 3.63) is 0 Å². The zero-order chi connectivity index (χ0) is 21.0. The second-order valence-corrected chi connectivity index (χ2v) is 7.65. The van der Waals surface area contributed by atoms with Crippen LogP contribution in [0.15, 0.2) is 0 Å². The van der Waals surface area contributed by atoms with Crippen molar-refractivity contribution in [3.8, 4) is 0 Å². The summed E-state index contributed by atoms with van der Waals surface area (Å²) in [6, 6.07) is 0. The maximum atomic E-state index is 9.96. The van der Waals surface area contributed by atoms with Gasteiger partial charge in [-0.1, -0.05) is 72.1 Å². The molecule has 0 heterocycles. The second kappa shape index (κ2) is 20.0. The van der Waals surface area contributed by atoms with Crippen molar-refractivity contribution in [1.82, 2.24) is 0 Å². The molecule has 0 aromatic heterocycles. The van der Waals surface area contributed by atoms with Gasteiger partial charge in [0, 0.05) is 13.2 Å². The lowest BCUT2D eigenvalue weighted by Crippen LogP contribution is -2.40. The standard InChI is InChI=1S/C22H46O6/c1-4-7-9-10-11-12-14-27-22(21(25)16-24)28-20(15-23)18-26-17-19(6-3)13-8-5-2/h19-25H,4-18H2,1-3H3. The van der Waals surface area contributed by atoms with E-state index >= 15 is 0 Å². The second-order valence-electron chi connectivity index (χ2n) is 7.65. The van der Waals surface area contributed by atoms with Crippen molar-refractivity contribution < 1.29 is 29.5 Å². The molecule has 4 unspecified atom stereocenters. The smallest absolute Gasteiger partial charge is 0.186 e. The molecule has 0 aliphatic carbocycles. The largest absolute Gasteiger partial charge is 0.394 e. The molecule has 0 aliphatic rings. The van der Waals surface area contributed by atoms with Gasteiger partial charge in [0.1, 0.15) is 12.2 Å². The molecule has 0 saturated carbocycles. The van der Waals surface area contributed by atoms with Gasteiger partial charge < -0.3 is 29.5 Å². The number of ether oxygens (including phenoxy) is 3. The van der Waals surface area contributed by atoms with Crippen LogP contribution in [0.5, 0.6) is 0 Å². The van der Waals surface area contributed by atoms with Crippen LogP contribution in [0.4, 0.5) is 0 Å². The molecule has 0 rings (SSSR count). The monoisotopic (exact) mass is 406 g/mol. The minimum absolute atomic E-state index is 0.221. The molecular weight excluding hydrogens is 360 g/mol. The summed E-state index contributed by atoms with van der Waals surface area (Å²) in [4.78, 5) is 0. The third kappa shape index (κ3) is 14.7. The first-order valence-corrected chi connectivity index (χ1v) is 11.4. The molecule has 3 N–H and O–H groups in total. The molecule has 0 amide bonds. The van der Waals surface area contributed by atoms with Crippen LogP contribution in [0.25, 0.3) is 0 Å². The van der Waals surface area contributed by atoms with Crippen molar-refractivity contribution in [1.29, 1.82) is 0 Å². The van der Waals surface area contributed by atoms with Gasteiger partial charge in [0.25, 0.3) is 0 Å². The van der Waals surface area contributed by atoms with Crippen LogP contribution < -0.4 is 0 Å². The van der Waals surface area contributed by atoms with Gasteiger partial charge in [0.05, 0.1) is 19.8 Å². The van der Waals surface area contributed by atoms with Gasteiger partial charge in [-0.3, -0.25) is 0 Å². The Bertz CT molecular complexity index is 315. The van der Waals surface area contributed by atoms with E-state index in [4.69, 9.17) is 14.2 Å². The molecule has 170 valence electrons. The van der Waals surface area contributed by atoms with Gasteiger partial charge in [-0.2, -0.15) is 0 Å². The SMILES string of the molecule is CCCCCCCCOC(OC(CO)COCC(CC)CCCC)C(O)CO. The Morgan fingerprint density at radius 3 is 2.07 bits per heavy atom. The molecule has 0 saturated heterocycles. The van der Waals surface area contributed by atoms with Gasteiger partial charge in [-0.05, 0) is 18.8 Å². The summed E-state index contributed by atoms with van der Waals surface area (Å²) in [6.07, 6.45) is 8.75. The molecule has 28 heavy (non-hydrogen) atoms. The van der Waals surface area contributed by atoms with E-state index in [1.165, 1.54) is 38.5 Å². The highest BCUT2D eigenvalue weighted by Crippen LogP contribution is 2.14. The molecule has 0 aromatic carbocycles. The Morgan fingerprint density at radius 2 is 1.46 bits per heavy atom. The molecule has 6 nitrogen and oxygen atoms in total. The van der Waals surface area contributed by atoms with E-state index in [1.807, 2.05) is 0 Å². The van der Waals surface area contributed by atoms with Crippen LogP contribution in [0.2, 0.25) is 0 Å². The first kappa shape index (κ1) is 27.8. The van der Waals surface area contributed by atoms with Crippen molar-refractivity contribution in [2.75, 3.05) is 33.0 Å². The molecule has 0 fully saturated rings. The number of aliphatic hydroxyl groups is 3. The predicted octanol–water partition coefficient (Wildman–Crippen LogP) is 3.65. The maximum Gasteiger partial charge on any atom is 0.186 e. The molecule has 0 aliphatic heterocycles. The van der Waals surface area contributed by atoms with Crippen LogP contribution in [-0.4, -0.2) is 66.9 Å². The third-order valence-electron chi connectivity index (χ3n) is 5.01. The van der Waals surface area contributed by atoms with Crippen molar-refractivity contribution in [2.45, 2.75) is 103 Å². The lowest BCUT2D eigenvalue weighted by molar-refractivity contribution is -0.235. The topological polar surface area (TPSA) is 88.4 Å². The summed E-state index contributed by atoms with van der Waals surface area (Å²) in [7, 11) is 0. The normalized spacial score (nSPS) is 16.1. The molecule has 6 heteroatoms. The highest BCUT2D eigenvalue weighted by Gasteiger charge is 2.24. The van der Waals surface area contributed by atoms with Crippen LogP contribution in [-0.2, 0) is 14.2 Å². The Labute approximate surface area is 172 Å². The Morgan fingerprint density at radius 1 is 0.786 bits per heavy atom. The van der Waals surface area contributed by atoms with Gasteiger partial charge in [-0.15, -0.1) is 0 Å². The van der Waals surface area contributed by atoms with Crippen LogP contribution in [0, 0.1) is 5.92 Å². The predicted molar refractivity (Wildman–Crippen MR) is 112 cm³/mol. The van der Waals surface area contributed by atoms with Gasteiger partial charge >= 0.3 is 0 Å². The number of rotatable bonds is 21. The fourth-order valence-corrected chi connectivity index (χ4v) is 3.00. The third-order valence-corrected chi connectivity index (χ3v) is 5.01. The van der Waals surface area contributed by atoms with Crippen LogP contribution >= 0.6 is 0 Å². The number of aliphatic hydroxyl groups excluding tert-OH is 3. The van der Waals surface area contributed by atoms with E-state index in [0.717, 1.165) is 25.7 Å². The van der Waals surface area contributed by atoms with Gasteiger partial charge in [0.15, 0.2) is 6.29 Å². The summed E-state index contributed by atoms with van der Waals surface area (Å²) < 4.78 is 17.1. The average Bonchev–Trinajstić information content (AvgIpc) is 2.72. The highest BCUT2D eigenvalue weighted by molar-refractivity contribution is 4.64. The molecular formula is C22H46O6. The molecule has 0 aromatic rings. The number of unbranched alkanes of at least 4 members (excludes halogenated alkanes) is 6. The minimum Gasteiger partial charge on any atom is -0.394 e. The molecule has 0 spiro atoms. The summed E-state index contributed by atoms with van der Waals surface area (Å²) in [6.45, 7) is 7.21. The van der Waals surface area contributed by atoms with Crippen molar-refractivity contribution in [2.24, 2.45) is 5.92 Å². The lowest BCUT2D eigenvalue weighted by atomic mass is 10.0. The van der Waals surface area contributed by atoms with E-state index < -0.39 is 25.1 Å². The first-order valence-electron chi connectivity index (χ1n) is 11.4. The van der Waals surface area contributed by atoms with Gasteiger partial charge in [-0.25, -0.2) is 0 Å². The summed E-state index contributed by atoms with van der Waals surface area (Å²) in [5, 5.41) is 28.8. The summed E-state index contributed by atoms with van der Waals surface area (Å²) in [5.41, 5.74) is 0. The fraction of sp³-hybridized carbons (Fsp3) is 1.00. The van der Waals surface area contributed by atoms with Gasteiger partial charge in [0.2, 0.25) is 0 Å².